The third-order valence-corrected chi connectivity index (χ3v) is 3.43. The molecule has 2 aromatic rings. The molecule has 1 saturated carbocycles. The zero-order valence-corrected chi connectivity index (χ0v) is 11.0. The molecule has 0 bridgehead atoms. The second kappa shape index (κ2) is 4.63. The van der Waals surface area contributed by atoms with Crippen molar-refractivity contribution >= 4 is 15.9 Å². The van der Waals surface area contributed by atoms with Crippen LogP contribution < -0.4 is 5.32 Å². The highest BCUT2D eigenvalue weighted by Gasteiger charge is 2.20. The summed E-state index contributed by atoms with van der Waals surface area (Å²) in [7, 11) is 0. The summed E-state index contributed by atoms with van der Waals surface area (Å²) in [5.74, 6) is 0.935. The van der Waals surface area contributed by atoms with E-state index in [-0.39, 0.29) is 0 Å². The highest BCUT2D eigenvalue weighted by Crippen LogP contribution is 2.21. The van der Waals surface area contributed by atoms with Crippen LogP contribution >= 0.6 is 15.9 Å². The number of nitrogens with one attached hydrogen (secondary N) is 2. The first kappa shape index (κ1) is 11.0. The van der Waals surface area contributed by atoms with E-state index in [4.69, 9.17) is 0 Å². The van der Waals surface area contributed by atoms with Gasteiger partial charge in [0, 0.05) is 34.5 Å². The molecule has 1 fully saturated rings. The van der Waals surface area contributed by atoms with Crippen LogP contribution in [0.4, 0.5) is 0 Å². The average molecular weight is 292 g/mol. The van der Waals surface area contributed by atoms with E-state index in [1.807, 2.05) is 18.3 Å². The summed E-state index contributed by atoms with van der Waals surface area (Å²) in [4.78, 5) is 7.75. The van der Waals surface area contributed by atoms with Crippen LogP contribution in [0.3, 0.4) is 0 Å². The van der Waals surface area contributed by atoms with Gasteiger partial charge in [-0.15, -0.1) is 0 Å². The largest absolute Gasteiger partial charge is 0.341 e. The fourth-order valence-corrected chi connectivity index (χ4v) is 2.01. The lowest BCUT2D eigenvalue weighted by molar-refractivity contribution is 0.677. The molecule has 2 N–H and O–H groups in total. The molecule has 1 aromatic carbocycles. The molecule has 0 aliphatic heterocycles. The van der Waals surface area contributed by atoms with Crippen molar-refractivity contribution < 1.29 is 0 Å². The SMILES string of the molecule is Brc1ccc(-c2ncc(CNC3CC3)[nH]2)cc1. The molecule has 1 heterocycles. The number of benzene rings is 1. The number of hydrogen-bond acceptors (Lipinski definition) is 2. The van der Waals surface area contributed by atoms with Gasteiger partial charge in [-0.25, -0.2) is 4.98 Å². The van der Waals surface area contributed by atoms with Crippen LogP contribution in [0.15, 0.2) is 34.9 Å². The second-order valence-corrected chi connectivity index (χ2v) is 5.33. The number of H-pyrrole nitrogens is 1. The first-order chi connectivity index (χ1) is 8.31. The van der Waals surface area contributed by atoms with Gasteiger partial charge in [-0.05, 0) is 25.0 Å². The molecule has 0 spiro atoms. The third kappa shape index (κ3) is 2.76. The molecular weight excluding hydrogens is 278 g/mol. The number of halogens is 1. The van der Waals surface area contributed by atoms with E-state index in [0.717, 1.165) is 34.1 Å². The Kier molecular flexibility index (Phi) is 2.99. The van der Waals surface area contributed by atoms with Crippen LogP contribution in [-0.4, -0.2) is 16.0 Å². The van der Waals surface area contributed by atoms with Gasteiger partial charge in [0.2, 0.25) is 0 Å². The minimum atomic E-state index is 0.731. The van der Waals surface area contributed by atoms with Crippen molar-refractivity contribution in [1.29, 1.82) is 0 Å². The summed E-state index contributed by atoms with van der Waals surface area (Å²) in [6.07, 6.45) is 4.54. The van der Waals surface area contributed by atoms with Crippen LogP contribution in [0.5, 0.6) is 0 Å². The van der Waals surface area contributed by atoms with Crippen LogP contribution in [0, 0.1) is 0 Å². The summed E-state index contributed by atoms with van der Waals surface area (Å²) in [6.45, 7) is 0.883. The van der Waals surface area contributed by atoms with Gasteiger partial charge < -0.3 is 10.3 Å². The summed E-state index contributed by atoms with van der Waals surface area (Å²) in [5, 5.41) is 3.47. The molecule has 1 aromatic heterocycles. The molecule has 3 nitrogen and oxygen atoms in total. The van der Waals surface area contributed by atoms with Gasteiger partial charge in [-0.2, -0.15) is 0 Å². The van der Waals surface area contributed by atoms with Gasteiger partial charge in [0.25, 0.3) is 0 Å². The topological polar surface area (TPSA) is 40.7 Å². The Hall–Kier alpha value is -1.13. The van der Waals surface area contributed by atoms with Crippen molar-refractivity contribution in [2.45, 2.75) is 25.4 Å². The maximum atomic E-state index is 4.40. The van der Waals surface area contributed by atoms with Crippen molar-refractivity contribution in [3.8, 4) is 11.4 Å². The van der Waals surface area contributed by atoms with Crippen LogP contribution in [-0.2, 0) is 6.54 Å². The highest BCUT2D eigenvalue weighted by molar-refractivity contribution is 9.10. The Morgan fingerprint density at radius 3 is 2.76 bits per heavy atom. The molecule has 0 amide bonds. The number of hydrogen-bond donors (Lipinski definition) is 2. The molecule has 0 radical (unpaired) electrons. The van der Waals surface area contributed by atoms with Gasteiger partial charge >= 0.3 is 0 Å². The van der Waals surface area contributed by atoms with Crippen LogP contribution in [0.25, 0.3) is 11.4 Å². The first-order valence-electron chi connectivity index (χ1n) is 5.84. The molecule has 0 saturated heterocycles. The summed E-state index contributed by atoms with van der Waals surface area (Å²) in [6, 6.07) is 8.90. The zero-order valence-electron chi connectivity index (χ0n) is 9.41. The lowest BCUT2D eigenvalue weighted by atomic mass is 10.2. The minimum absolute atomic E-state index is 0.731. The number of nitrogens with zero attached hydrogens (tertiary/aromatic N) is 1. The molecule has 1 aliphatic rings. The van der Waals surface area contributed by atoms with E-state index in [1.54, 1.807) is 0 Å². The molecule has 0 unspecified atom stereocenters. The summed E-state index contributed by atoms with van der Waals surface area (Å²) < 4.78 is 1.09. The molecule has 17 heavy (non-hydrogen) atoms. The van der Waals surface area contributed by atoms with Gasteiger partial charge in [0.1, 0.15) is 5.82 Å². The van der Waals surface area contributed by atoms with E-state index in [0.29, 0.717) is 0 Å². The maximum Gasteiger partial charge on any atom is 0.137 e. The normalized spacial score (nSPS) is 15.1. The second-order valence-electron chi connectivity index (χ2n) is 4.42. The van der Waals surface area contributed by atoms with Crippen LogP contribution in [0.2, 0.25) is 0 Å². The van der Waals surface area contributed by atoms with Gasteiger partial charge in [-0.1, -0.05) is 28.1 Å². The Labute approximate surface area is 109 Å². The molecule has 0 atom stereocenters. The van der Waals surface area contributed by atoms with Gasteiger partial charge in [0.15, 0.2) is 0 Å². The molecule has 3 rings (SSSR count). The van der Waals surface area contributed by atoms with E-state index < -0.39 is 0 Å². The van der Waals surface area contributed by atoms with Gasteiger partial charge in [-0.3, -0.25) is 0 Å². The van der Waals surface area contributed by atoms with Crippen molar-refractivity contribution in [2.75, 3.05) is 0 Å². The Balaban J connectivity index is 1.72. The molecular formula is C13H14BrN3. The van der Waals surface area contributed by atoms with Crippen molar-refractivity contribution in [2.24, 2.45) is 0 Å². The first-order valence-corrected chi connectivity index (χ1v) is 6.64. The number of aromatic amines is 1. The highest BCUT2D eigenvalue weighted by atomic mass is 79.9. The Morgan fingerprint density at radius 2 is 2.06 bits per heavy atom. The zero-order chi connectivity index (χ0) is 11.7. The lowest BCUT2D eigenvalue weighted by Crippen LogP contribution is -2.15. The van der Waals surface area contributed by atoms with E-state index >= 15 is 0 Å². The van der Waals surface area contributed by atoms with Crippen molar-refractivity contribution in [3.05, 3.63) is 40.6 Å². The monoisotopic (exact) mass is 291 g/mol. The standard InChI is InChI=1S/C13H14BrN3/c14-10-3-1-9(2-4-10)13-16-8-12(17-13)7-15-11-5-6-11/h1-4,8,11,15H,5-7H2,(H,16,17). The molecule has 4 heteroatoms. The van der Waals surface area contributed by atoms with E-state index in [2.05, 4.69) is 43.3 Å². The predicted molar refractivity (Wildman–Crippen MR) is 71.6 cm³/mol. The van der Waals surface area contributed by atoms with E-state index in [9.17, 15) is 0 Å². The summed E-state index contributed by atoms with van der Waals surface area (Å²) in [5.41, 5.74) is 2.26. The van der Waals surface area contributed by atoms with Crippen LogP contribution in [0.1, 0.15) is 18.5 Å². The predicted octanol–water partition coefficient (Wildman–Crippen LogP) is 3.09. The summed E-state index contributed by atoms with van der Waals surface area (Å²) >= 11 is 3.43. The van der Waals surface area contributed by atoms with Gasteiger partial charge in [0.05, 0.1) is 0 Å². The number of aromatic nitrogens is 2. The van der Waals surface area contributed by atoms with E-state index in [1.165, 1.54) is 12.8 Å². The van der Waals surface area contributed by atoms with Crippen molar-refractivity contribution in [3.63, 3.8) is 0 Å². The number of rotatable bonds is 4. The molecule has 88 valence electrons. The molecule has 1 aliphatic carbocycles. The maximum absolute atomic E-state index is 4.40. The third-order valence-electron chi connectivity index (χ3n) is 2.90. The van der Waals surface area contributed by atoms with Crippen molar-refractivity contribution in [1.82, 2.24) is 15.3 Å². The average Bonchev–Trinajstić information content (AvgIpc) is 3.06. The smallest absolute Gasteiger partial charge is 0.137 e. The Morgan fingerprint density at radius 1 is 1.29 bits per heavy atom. The minimum Gasteiger partial charge on any atom is -0.341 e. The lowest BCUT2D eigenvalue weighted by Gasteiger charge is -1.99. The quantitative estimate of drug-likeness (QED) is 0.909. The fraction of sp³-hybridized carbons (Fsp3) is 0.308. The Bertz CT molecular complexity index is 500. The number of imidazole rings is 1. The fourth-order valence-electron chi connectivity index (χ4n) is 1.75.